The van der Waals surface area contributed by atoms with Crippen molar-refractivity contribution in [1.82, 2.24) is 15.9 Å². The molecule has 2 amide bonds. The number of nitrogens with zero attached hydrogens (tertiary/aromatic N) is 2. The largest absolute Gasteiger partial charge is 0.461 e. The summed E-state index contributed by atoms with van der Waals surface area (Å²) in [7, 11) is 0. The fourth-order valence-corrected chi connectivity index (χ4v) is 3.00. The molecule has 2 unspecified atom stereocenters. The number of hydrazine groups is 1. The first-order valence-electron chi connectivity index (χ1n) is 8.26. The highest BCUT2D eigenvalue weighted by Gasteiger charge is 2.39. The Labute approximate surface area is 145 Å². The third-order valence-electron chi connectivity index (χ3n) is 4.21. The van der Waals surface area contributed by atoms with E-state index in [0.29, 0.717) is 0 Å². The van der Waals surface area contributed by atoms with E-state index in [1.54, 1.807) is 6.92 Å². The van der Waals surface area contributed by atoms with Gasteiger partial charge in [-0.15, -0.1) is 0 Å². The summed E-state index contributed by atoms with van der Waals surface area (Å²) >= 11 is 0. The molecule has 2 aliphatic rings. The molecular weight excluding hydrogens is 324 g/mol. The molecule has 8 heteroatoms. The highest BCUT2D eigenvalue weighted by atomic mass is 16.5. The first-order chi connectivity index (χ1) is 12.1. The first kappa shape index (κ1) is 17.1. The number of esters is 1. The maximum absolute atomic E-state index is 12.4. The van der Waals surface area contributed by atoms with E-state index in [2.05, 4.69) is 16.0 Å². The van der Waals surface area contributed by atoms with Crippen molar-refractivity contribution in [3.63, 3.8) is 0 Å². The van der Waals surface area contributed by atoms with Crippen LogP contribution >= 0.6 is 0 Å². The molecule has 0 aromatic heterocycles. The van der Waals surface area contributed by atoms with E-state index in [9.17, 15) is 14.4 Å². The minimum atomic E-state index is -0.572. The van der Waals surface area contributed by atoms with E-state index in [0.717, 1.165) is 5.56 Å². The second kappa shape index (κ2) is 7.43. The number of hydrogen-bond donors (Lipinski definition) is 2. The van der Waals surface area contributed by atoms with Crippen molar-refractivity contribution in [3.05, 3.63) is 35.9 Å². The van der Waals surface area contributed by atoms with Gasteiger partial charge in [-0.25, -0.2) is 15.2 Å². The second-order valence-corrected chi connectivity index (χ2v) is 5.86. The molecule has 25 heavy (non-hydrogen) atoms. The average molecular weight is 344 g/mol. The molecule has 2 N–H and O–H groups in total. The van der Waals surface area contributed by atoms with Gasteiger partial charge < -0.3 is 4.74 Å². The number of amides is 2. The summed E-state index contributed by atoms with van der Waals surface area (Å²) in [5, 5.41) is 5.47. The van der Waals surface area contributed by atoms with Gasteiger partial charge in [0.15, 0.2) is 0 Å². The minimum absolute atomic E-state index is 0.163. The normalized spacial score (nSPS) is 23.7. The van der Waals surface area contributed by atoms with Crippen molar-refractivity contribution >= 4 is 23.5 Å². The van der Waals surface area contributed by atoms with Crippen LogP contribution in [0, 0.1) is 0 Å². The molecule has 0 radical (unpaired) electrons. The van der Waals surface area contributed by atoms with Crippen molar-refractivity contribution in [2.45, 2.75) is 38.3 Å². The van der Waals surface area contributed by atoms with E-state index in [1.807, 2.05) is 30.3 Å². The highest BCUT2D eigenvalue weighted by Crippen LogP contribution is 2.29. The zero-order valence-corrected chi connectivity index (χ0v) is 13.9. The van der Waals surface area contributed by atoms with Crippen molar-refractivity contribution < 1.29 is 19.1 Å². The summed E-state index contributed by atoms with van der Waals surface area (Å²) in [5.41, 5.74) is 6.54. The maximum Gasteiger partial charge on any atom is 0.354 e. The van der Waals surface area contributed by atoms with E-state index in [4.69, 9.17) is 4.74 Å². The van der Waals surface area contributed by atoms with Crippen LogP contribution in [-0.2, 0) is 19.1 Å². The maximum atomic E-state index is 12.4. The topological polar surface area (TPSA) is 100 Å². The molecule has 3 rings (SSSR count). The van der Waals surface area contributed by atoms with Gasteiger partial charge in [0.2, 0.25) is 11.8 Å². The van der Waals surface area contributed by atoms with Crippen LogP contribution in [0.1, 0.15) is 37.7 Å². The summed E-state index contributed by atoms with van der Waals surface area (Å²) in [5.74, 6) is -1.16. The smallest absolute Gasteiger partial charge is 0.354 e. The van der Waals surface area contributed by atoms with Crippen molar-refractivity contribution in [1.29, 1.82) is 0 Å². The third kappa shape index (κ3) is 3.69. The van der Waals surface area contributed by atoms with Gasteiger partial charge in [-0.3, -0.25) is 15.0 Å². The lowest BCUT2D eigenvalue weighted by molar-refractivity contribution is -0.141. The standard InChI is InChI=1S/C17H20N4O4/c1-2-25-17(24)13-8-9-15(23)21(20-13)16-12(10-14(22)18-19-16)11-6-4-3-5-7-11/h3-7,12,16,19H,2,8-10H2,1H3,(H,18,22). The first-order valence-corrected chi connectivity index (χ1v) is 8.26. The van der Waals surface area contributed by atoms with Crippen molar-refractivity contribution in [2.75, 3.05) is 6.61 Å². The van der Waals surface area contributed by atoms with Gasteiger partial charge in [0.05, 0.1) is 6.61 Å². The Balaban J connectivity index is 1.90. The Bertz CT molecular complexity index is 704. The number of hydrogen-bond acceptors (Lipinski definition) is 6. The molecule has 1 fully saturated rings. The molecule has 1 saturated heterocycles. The predicted molar refractivity (Wildman–Crippen MR) is 89.0 cm³/mol. The molecule has 0 saturated carbocycles. The van der Waals surface area contributed by atoms with E-state index < -0.39 is 12.1 Å². The molecule has 2 aliphatic heterocycles. The van der Waals surface area contributed by atoms with E-state index >= 15 is 0 Å². The molecule has 0 aliphatic carbocycles. The second-order valence-electron chi connectivity index (χ2n) is 5.86. The summed E-state index contributed by atoms with van der Waals surface area (Å²) in [6.07, 6.45) is 0.0712. The lowest BCUT2D eigenvalue weighted by Crippen LogP contribution is -2.61. The van der Waals surface area contributed by atoms with Crippen LogP contribution in [0.3, 0.4) is 0 Å². The zero-order chi connectivity index (χ0) is 17.8. The van der Waals surface area contributed by atoms with Crippen LogP contribution in [0.25, 0.3) is 0 Å². The van der Waals surface area contributed by atoms with Gasteiger partial charge in [-0.1, -0.05) is 30.3 Å². The van der Waals surface area contributed by atoms with Gasteiger partial charge in [-0.2, -0.15) is 5.10 Å². The number of carbonyl (C=O) groups excluding carboxylic acids is 3. The number of hydrazone groups is 1. The Kier molecular flexibility index (Phi) is 5.08. The Hall–Kier alpha value is -2.74. The highest BCUT2D eigenvalue weighted by molar-refractivity contribution is 6.37. The third-order valence-corrected chi connectivity index (χ3v) is 4.21. The van der Waals surface area contributed by atoms with Crippen molar-refractivity contribution in [3.8, 4) is 0 Å². The quantitative estimate of drug-likeness (QED) is 0.782. The number of ether oxygens (including phenoxy) is 1. The minimum Gasteiger partial charge on any atom is -0.461 e. The lowest BCUT2D eigenvalue weighted by atomic mass is 9.90. The lowest BCUT2D eigenvalue weighted by Gasteiger charge is -2.39. The molecule has 132 valence electrons. The van der Waals surface area contributed by atoms with Crippen LogP contribution in [0.5, 0.6) is 0 Å². The Morgan fingerprint density at radius 3 is 2.76 bits per heavy atom. The van der Waals surface area contributed by atoms with Crippen LogP contribution in [-0.4, -0.2) is 41.3 Å². The monoisotopic (exact) mass is 344 g/mol. The van der Waals surface area contributed by atoms with Crippen LogP contribution < -0.4 is 10.9 Å². The summed E-state index contributed by atoms with van der Waals surface area (Å²) in [4.78, 5) is 36.2. The number of rotatable bonds is 4. The molecule has 1 aromatic rings. The van der Waals surface area contributed by atoms with Crippen LogP contribution in [0.15, 0.2) is 35.4 Å². The van der Waals surface area contributed by atoms with Crippen LogP contribution in [0.2, 0.25) is 0 Å². The SMILES string of the molecule is CCOC(=O)C1=NN(C2NNC(=O)CC2c2ccccc2)C(=O)CC1. The van der Waals surface area contributed by atoms with Gasteiger partial charge in [0.25, 0.3) is 0 Å². The molecule has 1 aromatic carbocycles. The Morgan fingerprint density at radius 2 is 2.04 bits per heavy atom. The molecule has 2 atom stereocenters. The number of carbonyl (C=O) groups is 3. The van der Waals surface area contributed by atoms with Gasteiger partial charge in [0, 0.05) is 25.2 Å². The summed E-state index contributed by atoms with van der Waals surface area (Å²) in [6, 6.07) is 9.46. The van der Waals surface area contributed by atoms with Crippen molar-refractivity contribution in [2.24, 2.45) is 5.10 Å². The van der Waals surface area contributed by atoms with Gasteiger partial charge in [0.1, 0.15) is 11.9 Å². The number of benzene rings is 1. The van der Waals surface area contributed by atoms with Crippen LogP contribution in [0.4, 0.5) is 0 Å². The van der Waals surface area contributed by atoms with E-state index in [-0.39, 0.29) is 49.3 Å². The average Bonchev–Trinajstić information content (AvgIpc) is 2.63. The van der Waals surface area contributed by atoms with Gasteiger partial charge >= 0.3 is 5.97 Å². The molecule has 2 heterocycles. The van der Waals surface area contributed by atoms with E-state index in [1.165, 1.54) is 5.01 Å². The van der Waals surface area contributed by atoms with Gasteiger partial charge in [-0.05, 0) is 12.5 Å². The summed E-state index contributed by atoms with van der Waals surface area (Å²) in [6.45, 7) is 1.96. The fraction of sp³-hybridized carbons (Fsp3) is 0.412. The molecule has 8 nitrogen and oxygen atoms in total. The molecule has 0 spiro atoms. The molecular formula is C17H20N4O4. The Morgan fingerprint density at radius 1 is 1.28 bits per heavy atom. The fourth-order valence-electron chi connectivity index (χ4n) is 3.00. The number of nitrogens with one attached hydrogen (secondary N) is 2. The molecule has 0 bridgehead atoms. The predicted octanol–water partition coefficient (Wildman–Crippen LogP) is 0.662. The zero-order valence-electron chi connectivity index (χ0n) is 13.9. The summed E-state index contributed by atoms with van der Waals surface area (Å²) < 4.78 is 4.98.